The average molecular weight is 401 g/mol. The van der Waals surface area contributed by atoms with Crippen LogP contribution in [0.3, 0.4) is 0 Å². The molecule has 2 aromatic rings. The molecule has 0 aliphatic rings. The quantitative estimate of drug-likeness (QED) is 0.580. The highest BCUT2D eigenvalue weighted by atomic mass is 127. The van der Waals surface area contributed by atoms with E-state index < -0.39 is 0 Å². The Balaban J connectivity index is 2.35. The average Bonchev–Trinajstić information content (AvgIpc) is 2.36. The second kappa shape index (κ2) is 6.01. The molecule has 0 bridgehead atoms. The Morgan fingerprint density at radius 2 is 1.80 bits per heavy atom. The Hall–Kier alpha value is -1.27. The van der Waals surface area contributed by atoms with Crippen molar-refractivity contribution in [1.82, 2.24) is 0 Å². The molecule has 2 rings (SSSR count). The van der Waals surface area contributed by atoms with E-state index in [4.69, 9.17) is 17.3 Å². The summed E-state index contributed by atoms with van der Waals surface area (Å²) in [5, 5.41) is 3.47. The van der Waals surface area contributed by atoms with Crippen LogP contribution in [0.4, 0.5) is 11.4 Å². The van der Waals surface area contributed by atoms with Crippen molar-refractivity contribution in [2.45, 2.75) is 13.8 Å². The van der Waals surface area contributed by atoms with Crippen molar-refractivity contribution in [3.05, 3.63) is 55.6 Å². The van der Waals surface area contributed by atoms with Gasteiger partial charge in [0.15, 0.2) is 0 Å². The second-order valence-corrected chi connectivity index (χ2v) is 6.21. The fourth-order valence-electron chi connectivity index (χ4n) is 2.05. The molecule has 20 heavy (non-hydrogen) atoms. The lowest BCUT2D eigenvalue weighted by atomic mass is 10.1. The summed E-state index contributed by atoms with van der Waals surface area (Å²) in [7, 11) is 0. The van der Waals surface area contributed by atoms with Crippen LogP contribution in [0, 0.1) is 17.4 Å². The van der Waals surface area contributed by atoms with Crippen LogP contribution >= 0.6 is 34.2 Å². The number of carbonyl (C=O) groups excluding carboxylic acids is 1. The van der Waals surface area contributed by atoms with E-state index in [0.717, 1.165) is 20.4 Å². The van der Waals surface area contributed by atoms with Crippen molar-refractivity contribution in [3.8, 4) is 0 Å². The molecular formula is C15H14ClIN2O. The Morgan fingerprint density at radius 1 is 1.20 bits per heavy atom. The van der Waals surface area contributed by atoms with Crippen LogP contribution in [0.25, 0.3) is 0 Å². The number of nitrogens with two attached hydrogens (primary N) is 1. The first-order valence-corrected chi connectivity index (χ1v) is 7.47. The molecule has 0 aliphatic heterocycles. The van der Waals surface area contributed by atoms with Crippen LogP contribution in [-0.4, -0.2) is 5.91 Å². The minimum atomic E-state index is -0.173. The maximum Gasteiger partial charge on any atom is 0.256 e. The maximum absolute atomic E-state index is 12.4. The zero-order valence-electron chi connectivity index (χ0n) is 11.1. The molecule has 0 heterocycles. The number of benzene rings is 2. The molecular weight excluding hydrogens is 387 g/mol. The summed E-state index contributed by atoms with van der Waals surface area (Å²) in [6, 6.07) is 8.93. The predicted molar refractivity (Wildman–Crippen MR) is 92.5 cm³/mol. The van der Waals surface area contributed by atoms with Crippen LogP contribution in [-0.2, 0) is 0 Å². The first-order valence-electron chi connectivity index (χ1n) is 6.01. The highest BCUT2D eigenvalue weighted by Gasteiger charge is 2.13. The number of carbonyl (C=O) groups is 1. The van der Waals surface area contributed by atoms with Gasteiger partial charge in [-0.3, -0.25) is 4.79 Å². The van der Waals surface area contributed by atoms with E-state index in [2.05, 4.69) is 27.9 Å². The van der Waals surface area contributed by atoms with E-state index in [9.17, 15) is 4.79 Å². The zero-order chi connectivity index (χ0) is 14.9. The number of nitrogen functional groups attached to an aromatic ring is 1. The van der Waals surface area contributed by atoms with E-state index in [1.165, 1.54) is 0 Å². The number of anilines is 2. The van der Waals surface area contributed by atoms with Crippen molar-refractivity contribution in [3.63, 3.8) is 0 Å². The molecule has 5 heteroatoms. The van der Waals surface area contributed by atoms with Gasteiger partial charge >= 0.3 is 0 Å². The summed E-state index contributed by atoms with van der Waals surface area (Å²) in [5.74, 6) is -0.173. The fraction of sp³-hybridized carbons (Fsp3) is 0.133. The Morgan fingerprint density at radius 3 is 2.40 bits per heavy atom. The minimum Gasteiger partial charge on any atom is -0.399 e. The van der Waals surface area contributed by atoms with Gasteiger partial charge in [0.25, 0.3) is 5.91 Å². The van der Waals surface area contributed by atoms with E-state index >= 15 is 0 Å². The first kappa shape index (κ1) is 15.1. The lowest BCUT2D eigenvalue weighted by molar-refractivity contribution is 0.102. The van der Waals surface area contributed by atoms with Crippen LogP contribution in [0.1, 0.15) is 21.5 Å². The molecule has 1 amide bonds. The molecule has 0 saturated carbocycles. The third kappa shape index (κ3) is 3.24. The first-order chi connectivity index (χ1) is 9.38. The molecule has 0 aromatic heterocycles. The summed E-state index contributed by atoms with van der Waals surface area (Å²) in [6.07, 6.45) is 0. The Kier molecular flexibility index (Phi) is 4.55. The molecule has 104 valence electrons. The van der Waals surface area contributed by atoms with Crippen molar-refractivity contribution in [2.24, 2.45) is 0 Å². The van der Waals surface area contributed by atoms with E-state index in [1.807, 2.05) is 32.0 Å². The zero-order valence-corrected chi connectivity index (χ0v) is 14.0. The molecule has 3 N–H and O–H groups in total. The van der Waals surface area contributed by atoms with E-state index in [1.54, 1.807) is 12.1 Å². The number of halogens is 2. The van der Waals surface area contributed by atoms with Gasteiger partial charge in [-0.15, -0.1) is 0 Å². The molecule has 0 unspecified atom stereocenters. The molecule has 0 aliphatic carbocycles. The summed E-state index contributed by atoms with van der Waals surface area (Å²) >= 11 is 8.07. The monoisotopic (exact) mass is 400 g/mol. The van der Waals surface area contributed by atoms with Crippen molar-refractivity contribution in [2.75, 3.05) is 11.1 Å². The molecule has 2 aromatic carbocycles. The number of hydrogen-bond acceptors (Lipinski definition) is 2. The second-order valence-electron chi connectivity index (χ2n) is 4.61. The van der Waals surface area contributed by atoms with Crippen LogP contribution in [0.5, 0.6) is 0 Å². The van der Waals surface area contributed by atoms with Gasteiger partial charge in [0.2, 0.25) is 0 Å². The molecule has 3 nitrogen and oxygen atoms in total. The van der Waals surface area contributed by atoms with Gasteiger partial charge in [-0.1, -0.05) is 11.6 Å². The Labute approximate surface area is 136 Å². The van der Waals surface area contributed by atoms with Gasteiger partial charge in [0, 0.05) is 20.0 Å². The number of nitrogens with one attached hydrogen (secondary N) is 1. The van der Waals surface area contributed by atoms with E-state index in [0.29, 0.717) is 16.3 Å². The van der Waals surface area contributed by atoms with Crippen LogP contribution < -0.4 is 11.1 Å². The van der Waals surface area contributed by atoms with Crippen molar-refractivity contribution < 1.29 is 4.79 Å². The fourth-order valence-corrected chi connectivity index (χ4v) is 2.80. The van der Waals surface area contributed by atoms with Crippen LogP contribution in [0.15, 0.2) is 30.3 Å². The third-order valence-electron chi connectivity index (χ3n) is 2.97. The van der Waals surface area contributed by atoms with Gasteiger partial charge in [-0.2, -0.15) is 0 Å². The molecule has 0 radical (unpaired) electrons. The topological polar surface area (TPSA) is 55.1 Å². The van der Waals surface area contributed by atoms with Gasteiger partial charge < -0.3 is 11.1 Å². The minimum absolute atomic E-state index is 0.173. The van der Waals surface area contributed by atoms with E-state index in [-0.39, 0.29) is 5.91 Å². The highest BCUT2D eigenvalue weighted by Crippen LogP contribution is 2.25. The SMILES string of the molecule is Cc1cc(N)cc(C)c1NC(=O)c1cc(Cl)ccc1I. The standard InChI is InChI=1S/C15H14ClIN2O/c1-8-5-11(18)6-9(2)14(8)19-15(20)12-7-10(16)3-4-13(12)17/h3-7H,18H2,1-2H3,(H,19,20). The third-order valence-corrected chi connectivity index (χ3v) is 4.14. The number of rotatable bonds is 2. The summed E-state index contributed by atoms with van der Waals surface area (Å²) in [5.41, 5.74) is 9.70. The number of hydrogen-bond donors (Lipinski definition) is 2. The number of aryl methyl sites for hydroxylation is 2. The van der Waals surface area contributed by atoms with Crippen molar-refractivity contribution >= 4 is 51.5 Å². The number of amides is 1. The molecule has 0 spiro atoms. The predicted octanol–water partition coefficient (Wildman–Crippen LogP) is 4.40. The Bertz CT molecular complexity index is 663. The largest absolute Gasteiger partial charge is 0.399 e. The normalized spacial score (nSPS) is 10.4. The van der Waals surface area contributed by atoms with Gasteiger partial charge in [0.1, 0.15) is 0 Å². The van der Waals surface area contributed by atoms with Gasteiger partial charge in [-0.25, -0.2) is 0 Å². The lowest BCUT2D eigenvalue weighted by Crippen LogP contribution is -2.15. The van der Waals surface area contributed by atoms with Crippen LogP contribution in [0.2, 0.25) is 5.02 Å². The smallest absolute Gasteiger partial charge is 0.256 e. The molecule has 0 atom stereocenters. The summed E-state index contributed by atoms with van der Waals surface area (Å²) in [4.78, 5) is 12.4. The van der Waals surface area contributed by atoms with Gasteiger partial charge in [0.05, 0.1) is 5.56 Å². The van der Waals surface area contributed by atoms with Crippen molar-refractivity contribution in [1.29, 1.82) is 0 Å². The summed E-state index contributed by atoms with van der Waals surface area (Å²) < 4.78 is 0.857. The lowest BCUT2D eigenvalue weighted by Gasteiger charge is -2.13. The maximum atomic E-state index is 12.4. The van der Waals surface area contributed by atoms with Gasteiger partial charge in [-0.05, 0) is 77.9 Å². The highest BCUT2D eigenvalue weighted by molar-refractivity contribution is 14.1. The molecule has 0 saturated heterocycles. The molecule has 0 fully saturated rings. The summed E-state index contributed by atoms with van der Waals surface area (Å²) in [6.45, 7) is 3.84.